The first-order valence-corrected chi connectivity index (χ1v) is 5.55. The van der Waals surface area contributed by atoms with Gasteiger partial charge in [-0.25, -0.2) is 0 Å². The fourth-order valence-corrected chi connectivity index (χ4v) is 1.56. The van der Waals surface area contributed by atoms with Gasteiger partial charge in [0, 0.05) is 11.8 Å². The molecular weight excluding hydrogens is 232 g/mol. The van der Waals surface area contributed by atoms with Crippen LogP contribution in [0.2, 0.25) is 0 Å². The van der Waals surface area contributed by atoms with Crippen molar-refractivity contribution in [2.75, 3.05) is 5.32 Å². The van der Waals surface area contributed by atoms with E-state index in [1.165, 1.54) is 0 Å². The maximum atomic E-state index is 11.9. The van der Waals surface area contributed by atoms with Crippen LogP contribution in [-0.2, 0) is 6.61 Å². The number of aryl methyl sites for hydroxylation is 2. The van der Waals surface area contributed by atoms with Crippen molar-refractivity contribution in [1.29, 1.82) is 0 Å². The molecule has 1 heterocycles. The van der Waals surface area contributed by atoms with E-state index in [4.69, 9.17) is 9.63 Å². The molecule has 0 atom stereocenters. The summed E-state index contributed by atoms with van der Waals surface area (Å²) in [6.07, 6.45) is 0. The molecule has 18 heavy (non-hydrogen) atoms. The zero-order valence-corrected chi connectivity index (χ0v) is 10.2. The zero-order chi connectivity index (χ0) is 13.1. The molecule has 0 fully saturated rings. The van der Waals surface area contributed by atoms with Crippen molar-refractivity contribution in [3.8, 4) is 0 Å². The topological polar surface area (TPSA) is 75.4 Å². The van der Waals surface area contributed by atoms with Gasteiger partial charge in [-0.05, 0) is 31.0 Å². The second-order valence-electron chi connectivity index (χ2n) is 4.09. The second kappa shape index (κ2) is 5.01. The molecule has 0 radical (unpaired) electrons. The third kappa shape index (κ3) is 2.57. The van der Waals surface area contributed by atoms with Crippen LogP contribution >= 0.6 is 0 Å². The molecule has 0 saturated heterocycles. The third-order valence-corrected chi connectivity index (χ3v) is 2.58. The van der Waals surface area contributed by atoms with Crippen molar-refractivity contribution in [2.24, 2.45) is 0 Å². The smallest absolute Gasteiger partial charge is 0.294 e. The predicted octanol–water partition coefficient (Wildman–Crippen LogP) is 2.04. The van der Waals surface area contributed by atoms with Crippen molar-refractivity contribution in [3.05, 3.63) is 46.8 Å². The number of carbonyl (C=O) groups is 1. The highest BCUT2D eigenvalue weighted by Crippen LogP contribution is 2.18. The Morgan fingerprint density at radius 1 is 1.39 bits per heavy atom. The minimum atomic E-state index is -0.353. The van der Waals surface area contributed by atoms with Crippen molar-refractivity contribution < 1.29 is 14.4 Å². The molecule has 5 nitrogen and oxygen atoms in total. The van der Waals surface area contributed by atoms with Gasteiger partial charge in [-0.1, -0.05) is 17.3 Å². The van der Waals surface area contributed by atoms with E-state index in [9.17, 15) is 4.79 Å². The summed E-state index contributed by atoms with van der Waals surface area (Å²) in [6.45, 7) is 3.56. The number of nitrogens with zero attached hydrogens (tertiary/aromatic N) is 1. The Morgan fingerprint density at radius 3 is 2.78 bits per heavy atom. The highest BCUT2D eigenvalue weighted by molar-refractivity contribution is 6.02. The summed E-state index contributed by atoms with van der Waals surface area (Å²) in [5.74, 6) is -0.185. The van der Waals surface area contributed by atoms with E-state index < -0.39 is 0 Å². The summed E-state index contributed by atoms with van der Waals surface area (Å²) in [5, 5.41) is 15.5. The van der Waals surface area contributed by atoms with Crippen molar-refractivity contribution in [3.63, 3.8) is 0 Å². The van der Waals surface area contributed by atoms with Gasteiger partial charge in [-0.2, -0.15) is 0 Å². The van der Waals surface area contributed by atoms with Gasteiger partial charge in [-0.15, -0.1) is 0 Å². The first-order valence-electron chi connectivity index (χ1n) is 5.55. The lowest BCUT2D eigenvalue weighted by atomic mass is 10.1. The van der Waals surface area contributed by atoms with Crippen LogP contribution in [0.5, 0.6) is 0 Å². The Bertz CT molecular complexity index is 575. The van der Waals surface area contributed by atoms with Crippen LogP contribution in [0.3, 0.4) is 0 Å². The molecular formula is C13H14N2O3. The molecule has 5 heteroatoms. The Hall–Kier alpha value is -2.14. The summed E-state index contributed by atoms with van der Waals surface area (Å²) < 4.78 is 4.88. The van der Waals surface area contributed by atoms with Crippen LogP contribution in [0, 0.1) is 13.8 Å². The molecule has 94 valence electrons. The lowest BCUT2D eigenvalue weighted by Gasteiger charge is -2.08. The van der Waals surface area contributed by atoms with E-state index in [-0.39, 0.29) is 18.3 Å². The summed E-state index contributed by atoms with van der Waals surface area (Å²) in [4.78, 5) is 11.9. The first kappa shape index (κ1) is 12.3. The van der Waals surface area contributed by atoms with E-state index in [0.29, 0.717) is 11.4 Å². The van der Waals surface area contributed by atoms with Gasteiger partial charge in [0.1, 0.15) is 0 Å². The summed E-state index contributed by atoms with van der Waals surface area (Å²) in [7, 11) is 0. The van der Waals surface area contributed by atoms with Gasteiger partial charge in [0.25, 0.3) is 5.91 Å². The van der Waals surface area contributed by atoms with Crippen LogP contribution in [0.15, 0.2) is 28.8 Å². The number of hydrogen-bond donors (Lipinski definition) is 2. The van der Waals surface area contributed by atoms with E-state index in [1.807, 2.05) is 19.1 Å². The molecule has 1 amide bonds. The SMILES string of the molecule is Cc1cc(C(=O)Nc2cc(CO)ccc2C)on1. The highest BCUT2D eigenvalue weighted by atomic mass is 16.5. The first-order chi connectivity index (χ1) is 8.60. The lowest BCUT2D eigenvalue weighted by Crippen LogP contribution is -2.12. The maximum Gasteiger partial charge on any atom is 0.294 e. The fraction of sp³-hybridized carbons (Fsp3) is 0.231. The lowest BCUT2D eigenvalue weighted by molar-refractivity contribution is 0.0987. The van der Waals surface area contributed by atoms with Gasteiger partial charge in [-0.3, -0.25) is 4.79 Å². The molecule has 2 aromatic rings. The molecule has 2 N–H and O–H groups in total. The Kier molecular flexibility index (Phi) is 3.43. The number of rotatable bonds is 3. The van der Waals surface area contributed by atoms with Crippen LogP contribution in [0.1, 0.15) is 27.4 Å². The average Bonchev–Trinajstić information content (AvgIpc) is 2.79. The largest absolute Gasteiger partial charge is 0.392 e. The number of benzene rings is 1. The molecule has 0 saturated carbocycles. The van der Waals surface area contributed by atoms with Crippen LogP contribution in [0.4, 0.5) is 5.69 Å². The van der Waals surface area contributed by atoms with Crippen LogP contribution in [0.25, 0.3) is 0 Å². The van der Waals surface area contributed by atoms with E-state index in [1.54, 1.807) is 19.1 Å². The van der Waals surface area contributed by atoms with E-state index in [0.717, 1.165) is 11.1 Å². The monoisotopic (exact) mass is 246 g/mol. The second-order valence-corrected chi connectivity index (χ2v) is 4.09. The Labute approximate surface area is 104 Å². The number of anilines is 1. The summed E-state index contributed by atoms with van der Waals surface area (Å²) >= 11 is 0. The van der Waals surface area contributed by atoms with Crippen molar-refractivity contribution >= 4 is 11.6 Å². The predicted molar refractivity (Wildman–Crippen MR) is 66.3 cm³/mol. The average molecular weight is 246 g/mol. The molecule has 0 unspecified atom stereocenters. The number of nitrogens with one attached hydrogen (secondary N) is 1. The number of hydrogen-bond acceptors (Lipinski definition) is 4. The number of carbonyl (C=O) groups excluding carboxylic acids is 1. The molecule has 1 aromatic carbocycles. The normalized spacial score (nSPS) is 10.4. The number of aliphatic hydroxyl groups excluding tert-OH is 1. The van der Waals surface area contributed by atoms with Crippen LogP contribution < -0.4 is 5.32 Å². The molecule has 0 aliphatic carbocycles. The van der Waals surface area contributed by atoms with Gasteiger partial charge in [0.05, 0.1) is 12.3 Å². The van der Waals surface area contributed by atoms with Crippen molar-refractivity contribution in [2.45, 2.75) is 20.5 Å². The highest BCUT2D eigenvalue weighted by Gasteiger charge is 2.12. The number of amides is 1. The fourth-order valence-electron chi connectivity index (χ4n) is 1.56. The van der Waals surface area contributed by atoms with E-state index in [2.05, 4.69) is 10.5 Å². The molecule has 0 spiro atoms. The maximum absolute atomic E-state index is 11.9. The zero-order valence-electron chi connectivity index (χ0n) is 10.2. The van der Waals surface area contributed by atoms with Gasteiger partial charge in [0.15, 0.2) is 0 Å². The van der Waals surface area contributed by atoms with E-state index >= 15 is 0 Å². The summed E-state index contributed by atoms with van der Waals surface area (Å²) in [6, 6.07) is 6.95. The quantitative estimate of drug-likeness (QED) is 0.869. The van der Waals surface area contributed by atoms with Crippen LogP contribution in [-0.4, -0.2) is 16.2 Å². The molecule has 0 aliphatic rings. The van der Waals surface area contributed by atoms with Crippen molar-refractivity contribution in [1.82, 2.24) is 5.16 Å². The molecule has 2 rings (SSSR count). The Balaban J connectivity index is 2.21. The van der Waals surface area contributed by atoms with Gasteiger partial charge < -0.3 is 14.9 Å². The number of aliphatic hydroxyl groups is 1. The standard InChI is InChI=1S/C13H14N2O3/c1-8-3-4-10(7-16)6-11(8)14-13(17)12-5-9(2)15-18-12/h3-6,16H,7H2,1-2H3,(H,14,17). The molecule has 0 aliphatic heterocycles. The summed E-state index contributed by atoms with van der Waals surface area (Å²) in [5.41, 5.74) is 2.96. The third-order valence-electron chi connectivity index (χ3n) is 2.58. The minimum absolute atomic E-state index is 0.0649. The van der Waals surface area contributed by atoms with Gasteiger partial charge in [0.2, 0.25) is 5.76 Å². The Morgan fingerprint density at radius 2 is 2.17 bits per heavy atom. The molecule has 1 aromatic heterocycles. The van der Waals surface area contributed by atoms with Gasteiger partial charge >= 0.3 is 0 Å². The molecule has 0 bridgehead atoms. The minimum Gasteiger partial charge on any atom is -0.392 e. The number of aromatic nitrogens is 1.